The number of nitrogens with one attached hydrogen (secondary N) is 1. The molecule has 0 bridgehead atoms. The van der Waals surface area contributed by atoms with Gasteiger partial charge in [0.2, 0.25) is 5.91 Å². The molecule has 1 amide bonds. The van der Waals surface area contributed by atoms with E-state index in [0.717, 1.165) is 18.9 Å². The van der Waals surface area contributed by atoms with Crippen molar-refractivity contribution in [3.8, 4) is 0 Å². The first kappa shape index (κ1) is 14.2. The summed E-state index contributed by atoms with van der Waals surface area (Å²) in [5.74, 6) is -0.768. The SMILES string of the molecule is O=C(O)/C=C/c1ccnc(NC(=O)CC2CCCO2)c1. The normalized spacial score (nSPS) is 18.3. The van der Waals surface area contributed by atoms with E-state index < -0.39 is 5.97 Å². The number of carboxylic acid groups (broad SMARTS) is 1. The zero-order chi connectivity index (χ0) is 14.4. The molecule has 0 spiro atoms. The van der Waals surface area contributed by atoms with Gasteiger partial charge in [-0.05, 0) is 36.6 Å². The van der Waals surface area contributed by atoms with E-state index in [1.807, 2.05) is 0 Å². The molecular weight excluding hydrogens is 260 g/mol. The van der Waals surface area contributed by atoms with Gasteiger partial charge in [-0.15, -0.1) is 0 Å². The van der Waals surface area contributed by atoms with Crippen molar-refractivity contribution in [1.29, 1.82) is 0 Å². The van der Waals surface area contributed by atoms with Crippen LogP contribution in [0.3, 0.4) is 0 Å². The first-order chi connectivity index (χ1) is 9.63. The molecule has 6 heteroatoms. The molecule has 1 atom stereocenters. The summed E-state index contributed by atoms with van der Waals surface area (Å²) in [4.78, 5) is 26.3. The molecule has 0 saturated carbocycles. The lowest BCUT2D eigenvalue weighted by Gasteiger charge is -2.09. The minimum absolute atomic E-state index is 0.00918. The molecule has 1 unspecified atom stereocenters. The topological polar surface area (TPSA) is 88.5 Å². The third-order valence-electron chi connectivity index (χ3n) is 2.91. The molecule has 2 heterocycles. The van der Waals surface area contributed by atoms with Gasteiger partial charge in [0.1, 0.15) is 5.82 Å². The number of carbonyl (C=O) groups is 2. The minimum Gasteiger partial charge on any atom is -0.478 e. The smallest absolute Gasteiger partial charge is 0.328 e. The Balaban J connectivity index is 1.93. The van der Waals surface area contributed by atoms with Crippen molar-refractivity contribution in [3.63, 3.8) is 0 Å². The molecule has 1 aliphatic rings. The zero-order valence-corrected chi connectivity index (χ0v) is 10.9. The molecule has 106 valence electrons. The van der Waals surface area contributed by atoms with E-state index in [1.54, 1.807) is 12.1 Å². The van der Waals surface area contributed by atoms with Crippen molar-refractivity contribution >= 4 is 23.8 Å². The Hall–Kier alpha value is -2.21. The number of hydrogen-bond acceptors (Lipinski definition) is 4. The number of aliphatic carboxylic acids is 1. The lowest BCUT2D eigenvalue weighted by molar-refractivity contribution is -0.131. The van der Waals surface area contributed by atoms with Crippen LogP contribution in [0.4, 0.5) is 5.82 Å². The van der Waals surface area contributed by atoms with Crippen molar-refractivity contribution in [2.24, 2.45) is 0 Å². The highest BCUT2D eigenvalue weighted by atomic mass is 16.5. The molecule has 1 aliphatic heterocycles. The van der Waals surface area contributed by atoms with Crippen molar-refractivity contribution < 1.29 is 19.4 Å². The van der Waals surface area contributed by atoms with Gasteiger partial charge in [0.25, 0.3) is 0 Å². The summed E-state index contributed by atoms with van der Waals surface area (Å²) < 4.78 is 5.39. The van der Waals surface area contributed by atoms with Crippen LogP contribution in [-0.4, -0.2) is 34.7 Å². The van der Waals surface area contributed by atoms with E-state index in [2.05, 4.69) is 10.3 Å². The van der Waals surface area contributed by atoms with Crippen LogP contribution < -0.4 is 5.32 Å². The Morgan fingerprint density at radius 3 is 3.10 bits per heavy atom. The maximum atomic E-state index is 11.8. The summed E-state index contributed by atoms with van der Waals surface area (Å²) >= 11 is 0. The van der Waals surface area contributed by atoms with Crippen LogP contribution in [0.15, 0.2) is 24.4 Å². The summed E-state index contributed by atoms with van der Waals surface area (Å²) in [5.41, 5.74) is 0.662. The van der Waals surface area contributed by atoms with Gasteiger partial charge in [0.15, 0.2) is 0 Å². The number of hydrogen-bond donors (Lipinski definition) is 2. The number of pyridine rings is 1. The van der Waals surface area contributed by atoms with E-state index in [0.29, 0.717) is 24.4 Å². The van der Waals surface area contributed by atoms with Gasteiger partial charge in [0, 0.05) is 18.9 Å². The lowest BCUT2D eigenvalue weighted by atomic mass is 10.2. The fourth-order valence-electron chi connectivity index (χ4n) is 1.99. The molecule has 1 aromatic rings. The Labute approximate surface area is 116 Å². The summed E-state index contributed by atoms with van der Waals surface area (Å²) in [6.45, 7) is 0.714. The highest BCUT2D eigenvalue weighted by molar-refractivity contribution is 5.90. The number of nitrogens with zero attached hydrogens (tertiary/aromatic N) is 1. The fraction of sp³-hybridized carbons (Fsp3) is 0.357. The Bertz CT molecular complexity index is 522. The molecule has 6 nitrogen and oxygen atoms in total. The molecule has 1 aromatic heterocycles. The lowest BCUT2D eigenvalue weighted by Crippen LogP contribution is -2.19. The summed E-state index contributed by atoms with van der Waals surface area (Å²) in [5, 5.41) is 11.2. The van der Waals surface area contributed by atoms with E-state index in [4.69, 9.17) is 9.84 Å². The van der Waals surface area contributed by atoms with Crippen LogP contribution in [-0.2, 0) is 14.3 Å². The largest absolute Gasteiger partial charge is 0.478 e. The predicted molar refractivity (Wildman–Crippen MR) is 73.1 cm³/mol. The van der Waals surface area contributed by atoms with Gasteiger partial charge in [0.05, 0.1) is 12.5 Å². The molecule has 0 aromatic carbocycles. The van der Waals surface area contributed by atoms with Gasteiger partial charge in [-0.1, -0.05) is 0 Å². The maximum absolute atomic E-state index is 11.8. The molecule has 2 rings (SSSR count). The van der Waals surface area contributed by atoms with Crippen LogP contribution in [0.5, 0.6) is 0 Å². The van der Waals surface area contributed by atoms with Crippen molar-refractivity contribution in [1.82, 2.24) is 4.98 Å². The number of amides is 1. The molecule has 1 saturated heterocycles. The number of carbonyl (C=O) groups excluding carboxylic acids is 1. The predicted octanol–water partition coefficient (Wildman–Crippen LogP) is 1.69. The quantitative estimate of drug-likeness (QED) is 0.799. The summed E-state index contributed by atoms with van der Waals surface area (Å²) in [6, 6.07) is 3.28. The van der Waals surface area contributed by atoms with Crippen LogP contribution in [0, 0.1) is 0 Å². The Kier molecular flexibility index (Phi) is 4.84. The third kappa shape index (κ3) is 4.47. The van der Waals surface area contributed by atoms with Crippen molar-refractivity contribution in [2.45, 2.75) is 25.4 Å². The maximum Gasteiger partial charge on any atom is 0.328 e. The van der Waals surface area contributed by atoms with E-state index in [1.165, 1.54) is 12.3 Å². The second kappa shape index (κ2) is 6.81. The second-order valence-electron chi connectivity index (χ2n) is 4.53. The van der Waals surface area contributed by atoms with Gasteiger partial charge < -0.3 is 15.2 Å². The Morgan fingerprint density at radius 1 is 1.55 bits per heavy atom. The highest BCUT2D eigenvalue weighted by Gasteiger charge is 2.19. The standard InChI is InChI=1S/C14H16N2O4/c17-13(9-11-2-1-7-20-11)16-12-8-10(5-6-15-12)3-4-14(18)19/h3-6,8,11H,1-2,7,9H2,(H,18,19)(H,15,16,17)/b4-3+. The number of anilines is 1. The van der Waals surface area contributed by atoms with E-state index in [-0.39, 0.29) is 12.0 Å². The number of carboxylic acids is 1. The highest BCUT2D eigenvalue weighted by Crippen LogP contribution is 2.16. The summed E-state index contributed by atoms with van der Waals surface area (Å²) in [6.07, 6.45) is 6.20. The molecule has 0 aliphatic carbocycles. The zero-order valence-electron chi connectivity index (χ0n) is 10.9. The number of ether oxygens (including phenoxy) is 1. The molecular formula is C14H16N2O4. The first-order valence-electron chi connectivity index (χ1n) is 6.42. The molecule has 20 heavy (non-hydrogen) atoms. The van der Waals surface area contributed by atoms with E-state index >= 15 is 0 Å². The van der Waals surface area contributed by atoms with Crippen molar-refractivity contribution in [2.75, 3.05) is 11.9 Å². The number of aromatic nitrogens is 1. The van der Waals surface area contributed by atoms with Crippen LogP contribution in [0.25, 0.3) is 6.08 Å². The van der Waals surface area contributed by atoms with Gasteiger partial charge in [-0.2, -0.15) is 0 Å². The fourth-order valence-corrected chi connectivity index (χ4v) is 1.99. The second-order valence-corrected chi connectivity index (χ2v) is 4.53. The van der Waals surface area contributed by atoms with Gasteiger partial charge in [-0.3, -0.25) is 4.79 Å². The average Bonchev–Trinajstić information content (AvgIpc) is 2.89. The monoisotopic (exact) mass is 276 g/mol. The van der Waals surface area contributed by atoms with Crippen LogP contribution in [0.1, 0.15) is 24.8 Å². The number of rotatable bonds is 5. The first-order valence-corrected chi connectivity index (χ1v) is 6.42. The van der Waals surface area contributed by atoms with E-state index in [9.17, 15) is 9.59 Å². The van der Waals surface area contributed by atoms with Crippen LogP contribution >= 0.6 is 0 Å². The molecule has 2 N–H and O–H groups in total. The molecule has 1 fully saturated rings. The summed E-state index contributed by atoms with van der Waals surface area (Å²) in [7, 11) is 0. The van der Waals surface area contributed by atoms with Crippen molar-refractivity contribution in [3.05, 3.63) is 30.0 Å². The Morgan fingerprint density at radius 2 is 2.40 bits per heavy atom. The van der Waals surface area contributed by atoms with Crippen LogP contribution in [0.2, 0.25) is 0 Å². The van der Waals surface area contributed by atoms with Gasteiger partial charge in [-0.25, -0.2) is 9.78 Å². The minimum atomic E-state index is -1.02. The van der Waals surface area contributed by atoms with Gasteiger partial charge >= 0.3 is 5.97 Å². The third-order valence-corrected chi connectivity index (χ3v) is 2.91. The average molecular weight is 276 g/mol. The molecule has 0 radical (unpaired) electrons.